The number of hydrogen-bond acceptors (Lipinski definition) is 3. The van der Waals surface area contributed by atoms with Crippen LogP contribution in [0, 0.1) is 40.9 Å². The van der Waals surface area contributed by atoms with Gasteiger partial charge in [-0.1, -0.05) is 13.8 Å². The molecule has 0 spiro atoms. The maximum atomic E-state index is 10.9. The van der Waals surface area contributed by atoms with Gasteiger partial charge in [0.2, 0.25) is 0 Å². The van der Waals surface area contributed by atoms with Crippen LogP contribution in [0.4, 0.5) is 0 Å². The van der Waals surface area contributed by atoms with E-state index < -0.39 is 5.72 Å². The van der Waals surface area contributed by atoms with Crippen LogP contribution in [0.5, 0.6) is 0 Å². The molecule has 1 unspecified atom stereocenters. The van der Waals surface area contributed by atoms with Gasteiger partial charge in [-0.2, -0.15) is 0 Å². The van der Waals surface area contributed by atoms with Crippen LogP contribution in [0.1, 0.15) is 78.6 Å². The van der Waals surface area contributed by atoms with Crippen molar-refractivity contribution in [3.63, 3.8) is 0 Å². The molecular formula is C22H39NO2. The second-order valence-corrected chi connectivity index (χ2v) is 10.2. The molecular weight excluding hydrogens is 310 g/mol. The van der Waals surface area contributed by atoms with Crippen molar-refractivity contribution < 1.29 is 10.2 Å². The van der Waals surface area contributed by atoms with E-state index in [4.69, 9.17) is 0 Å². The quantitative estimate of drug-likeness (QED) is 0.677. The molecule has 4 fully saturated rings. The van der Waals surface area contributed by atoms with Gasteiger partial charge in [0.25, 0.3) is 0 Å². The van der Waals surface area contributed by atoms with Gasteiger partial charge in [-0.15, -0.1) is 0 Å². The fourth-order valence-electron chi connectivity index (χ4n) is 8.20. The van der Waals surface area contributed by atoms with E-state index in [0.717, 1.165) is 49.0 Å². The Hall–Kier alpha value is -0.120. The van der Waals surface area contributed by atoms with E-state index in [9.17, 15) is 10.2 Å². The van der Waals surface area contributed by atoms with E-state index in [0.29, 0.717) is 11.3 Å². The summed E-state index contributed by atoms with van der Waals surface area (Å²) in [5, 5.41) is 24.5. The van der Waals surface area contributed by atoms with E-state index in [1.54, 1.807) is 0 Å². The number of fused-ring (bicyclic) bond motifs is 5. The first-order valence-corrected chi connectivity index (χ1v) is 11.0. The summed E-state index contributed by atoms with van der Waals surface area (Å²) in [5.41, 5.74) is -0.224. The summed E-state index contributed by atoms with van der Waals surface area (Å²) in [6.07, 6.45) is 10.9. The zero-order chi connectivity index (χ0) is 17.8. The Morgan fingerprint density at radius 3 is 2.48 bits per heavy atom. The van der Waals surface area contributed by atoms with Gasteiger partial charge < -0.3 is 10.2 Å². The van der Waals surface area contributed by atoms with Crippen LogP contribution in [0.3, 0.4) is 0 Å². The summed E-state index contributed by atoms with van der Waals surface area (Å²) in [6, 6.07) is 0. The number of rotatable bonds is 3. The minimum Gasteiger partial charge on any atom is -0.393 e. The highest BCUT2D eigenvalue weighted by molar-refractivity contribution is 5.07. The molecule has 4 aliphatic rings. The van der Waals surface area contributed by atoms with E-state index in [-0.39, 0.29) is 6.10 Å². The molecule has 4 saturated carbocycles. The second kappa shape index (κ2) is 6.49. The summed E-state index contributed by atoms with van der Waals surface area (Å²) in [5.74, 6) is 4.68. The van der Waals surface area contributed by atoms with Gasteiger partial charge in [-0.25, -0.2) is 0 Å². The average Bonchev–Trinajstić information content (AvgIpc) is 2.91. The SMILES string of the molecule is CCN[C@]1(O)CC[C@H]2[C@H](CC[C@@H]3[C@@H]2CC[C@]2(C)[C@@H](C(C)O)CC[C@@H]32)C1. The molecule has 3 nitrogen and oxygen atoms in total. The number of aliphatic hydroxyl groups is 2. The van der Waals surface area contributed by atoms with Gasteiger partial charge in [0.1, 0.15) is 5.72 Å². The Kier molecular flexibility index (Phi) is 4.74. The lowest BCUT2D eigenvalue weighted by Crippen LogP contribution is -2.55. The van der Waals surface area contributed by atoms with Gasteiger partial charge in [0, 0.05) is 0 Å². The summed E-state index contributed by atoms with van der Waals surface area (Å²) >= 11 is 0. The number of aliphatic hydroxyl groups excluding tert-OH is 1. The lowest BCUT2D eigenvalue weighted by Gasteiger charge is -2.57. The molecule has 3 N–H and O–H groups in total. The van der Waals surface area contributed by atoms with Crippen LogP contribution < -0.4 is 5.32 Å². The molecule has 9 atom stereocenters. The van der Waals surface area contributed by atoms with Gasteiger partial charge in [-0.3, -0.25) is 5.32 Å². The minimum atomic E-state index is -0.600. The third kappa shape index (κ3) is 2.89. The first-order valence-electron chi connectivity index (χ1n) is 11.0. The monoisotopic (exact) mass is 349 g/mol. The maximum absolute atomic E-state index is 10.9. The zero-order valence-corrected chi connectivity index (χ0v) is 16.5. The number of hydrogen-bond donors (Lipinski definition) is 3. The Bertz CT molecular complexity index is 494. The van der Waals surface area contributed by atoms with Crippen molar-refractivity contribution in [2.45, 2.75) is 90.4 Å². The van der Waals surface area contributed by atoms with Gasteiger partial charge >= 0.3 is 0 Å². The fourth-order valence-corrected chi connectivity index (χ4v) is 8.20. The van der Waals surface area contributed by atoms with Crippen molar-refractivity contribution in [2.75, 3.05) is 6.54 Å². The van der Waals surface area contributed by atoms with E-state index in [1.807, 2.05) is 6.92 Å². The maximum Gasteiger partial charge on any atom is 0.116 e. The zero-order valence-electron chi connectivity index (χ0n) is 16.5. The Balaban J connectivity index is 1.50. The molecule has 4 aliphatic carbocycles. The van der Waals surface area contributed by atoms with Crippen molar-refractivity contribution in [1.82, 2.24) is 5.32 Å². The second-order valence-electron chi connectivity index (χ2n) is 10.2. The van der Waals surface area contributed by atoms with Crippen LogP contribution in [0.2, 0.25) is 0 Å². The minimum absolute atomic E-state index is 0.146. The molecule has 0 radical (unpaired) electrons. The smallest absolute Gasteiger partial charge is 0.116 e. The van der Waals surface area contributed by atoms with Crippen LogP contribution in [-0.2, 0) is 0 Å². The topological polar surface area (TPSA) is 52.5 Å². The Morgan fingerprint density at radius 2 is 1.76 bits per heavy atom. The molecule has 25 heavy (non-hydrogen) atoms. The van der Waals surface area contributed by atoms with Crippen LogP contribution in [0.15, 0.2) is 0 Å². The molecule has 0 aliphatic heterocycles. The molecule has 0 aromatic carbocycles. The Labute approximate surface area is 154 Å². The highest BCUT2D eigenvalue weighted by Crippen LogP contribution is 2.64. The average molecular weight is 350 g/mol. The van der Waals surface area contributed by atoms with Gasteiger partial charge in [-0.05, 0) is 112 Å². The summed E-state index contributed by atoms with van der Waals surface area (Å²) < 4.78 is 0. The summed E-state index contributed by atoms with van der Waals surface area (Å²) in [7, 11) is 0. The van der Waals surface area contributed by atoms with E-state index >= 15 is 0 Å². The van der Waals surface area contributed by atoms with Crippen molar-refractivity contribution in [3.8, 4) is 0 Å². The van der Waals surface area contributed by atoms with Crippen LogP contribution in [-0.4, -0.2) is 28.6 Å². The molecule has 4 rings (SSSR count). The normalized spacial score (nSPS) is 53.6. The highest BCUT2D eigenvalue weighted by atomic mass is 16.3. The molecule has 0 aromatic heterocycles. The molecule has 0 heterocycles. The Morgan fingerprint density at radius 1 is 1.00 bits per heavy atom. The van der Waals surface area contributed by atoms with Crippen molar-refractivity contribution in [2.24, 2.45) is 40.9 Å². The lowest BCUT2D eigenvalue weighted by molar-refractivity contribution is -0.121. The standard InChI is InChI=1S/C22H39NO2/c1-4-23-22(25)12-10-16-15(13-22)5-6-18-17(16)9-11-21(3)19(14(2)24)7-8-20(18)21/h14-20,23-25H,4-13H2,1-3H3/t14?,15-,16+,17-,18-,19-,20+,21-,22+/m1/s1. The van der Waals surface area contributed by atoms with Crippen LogP contribution >= 0.6 is 0 Å². The first kappa shape index (κ1) is 18.3. The van der Waals surface area contributed by atoms with E-state index in [1.165, 1.54) is 44.9 Å². The molecule has 3 heteroatoms. The number of nitrogens with one attached hydrogen (secondary N) is 1. The highest BCUT2D eigenvalue weighted by Gasteiger charge is 2.58. The predicted molar refractivity (Wildman–Crippen MR) is 101 cm³/mol. The third-order valence-corrected chi connectivity index (χ3v) is 9.17. The summed E-state index contributed by atoms with van der Waals surface area (Å²) in [6.45, 7) is 7.47. The molecule has 144 valence electrons. The molecule has 0 aromatic rings. The largest absolute Gasteiger partial charge is 0.393 e. The van der Waals surface area contributed by atoms with Gasteiger partial charge in [0.05, 0.1) is 6.10 Å². The van der Waals surface area contributed by atoms with Crippen molar-refractivity contribution >= 4 is 0 Å². The third-order valence-electron chi connectivity index (χ3n) is 9.17. The summed E-state index contributed by atoms with van der Waals surface area (Å²) in [4.78, 5) is 0. The first-order chi connectivity index (χ1) is 11.9. The van der Waals surface area contributed by atoms with Crippen molar-refractivity contribution in [1.29, 1.82) is 0 Å². The van der Waals surface area contributed by atoms with Crippen LogP contribution in [0.25, 0.3) is 0 Å². The molecule has 0 amide bonds. The van der Waals surface area contributed by atoms with Crippen molar-refractivity contribution in [3.05, 3.63) is 0 Å². The molecule has 0 bridgehead atoms. The van der Waals surface area contributed by atoms with Gasteiger partial charge in [0.15, 0.2) is 0 Å². The van der Waals surface area contributed by atoms with E-state index in [2.05, 4.69) is 19.2 Å². The fraction of sp³-hybridized carbons (Fsp3) is 1.00. The molecule has 0 saturated heterocycles. The predicted octanol–water partition coefficient (Wildman–Crippen LogP) is 3.93. The lowest BCUT2D eigenvalue weighted by atomic mass is 9.49.